The molecule has 25 heavy (non-hydrogen) atoms. The predicted octanol–water partition coefficient (Wildman–Crippen LogP) is 1.16. The number of fused-ring (bicyclic) bond motifs is 1. The molecule has 7 heteroatoms. The van der Waals surface area contributed by atoms with E-state index in [0.29, 0.717) is 36.1 Å². The van der Waals surface area contributed by atoms with Crippen LogP contribution in [0.25, 0.3) is 0 Å². The quantitative estimate of drug-likeness (QED) is 0.876. The zero-order valence-corrected chi connectivity index (χ0v) is 14.7. The third-order valence-corrected chi connectivity index (χ3v) is 5.23. The van der Waals surface area contributed by atoms with Gasteiger partial charge in [-0.3, -0.25) is 14.7 Å². The van der Waals surface area contributed by atoms with Crippen LogP contribution in [0.3, 0.4) is 0 Å². The minimum Gasteiger partial charge on any atom is -0.342 e. The number of hydrogen-bond donors (Lipinski definition) is 2. The number of H-pyrrole nitrogens is 2. The monoisotopic (exact) mass is 341 g/mol. The molecule has 2 aliphatic rings. The molecular formula is C18H23N5O2. The summed E-state index contributed by atoms with van der Waals surface area (Å²) in [7, 11) is 0. The molecule has 132 valence electrons. The van der Waals surface area contributed by atoms with Gasteiger partial charge in [-0.2, -0.15) is 5.10 Å². The van der Waals surface area contributed by atoms with E-state index in [1.165, 1.54) is 29.8 Å². The van der Waals surface area contributed by atoms with Crippen LogP contribution in [0.4, 0.5) is 0 Å². The number of aryl methyl sites for hydroxylation is 2. The number of nitrogens with zero attached hydrogens (tertiary/aromatic N) is 3. The number of carbonyl (C=O) groups is 1. The molecule has 3 heterocycles. The summed E-state index contributed by atoms with van der Waals surface area (Å²) < 4.78 is 0. The third-order valence-electron chi connectivity index (χ3n) is 5.23. The highest BCUT2D eigenvalue weighted by atomic mass is 16.2. The molecule has 2 aromatic rings. The number of aromatic amines is 2. The second-order valence-electron chi connectivity index (χ2n) is 7.11. The van der Waals surface area contributed by atoms with Crippen molar-refractivity contribution in [3.63, 3.8) is 0 Å². The van der Waals surface area contributed by atoms with E-state index < -0.39 is 0 Å². The Morgan fingerprint density at radius 3 is 2.72 bits per heavy atom. The van der Waals surface area contributed by atoms with E-state index in [2.05, 4.69) is 20.2 Å². The first-order chi connectivity index (χ1) is 12.0. The Bertz CT molecular complexity index is 878. The van der Waals surface area contributed by atoms with Crippen molar-refractivity contribution in [2.45, 2.75) is 51.9 Å². The van der Waals surface area contributed by atoms with Crippen molar-refractivity contribution < 1.29 is 4.79 Å². The fourth-order valence-corrected chi connectivity index (χ4v) is 3.67. The summed E-state index contributed by atoms with van der Waals surface area (Å²) in [5.74, 6) is 1.18. The summed E-state index contributed by atoms with van der Waals surface area (Å²) in [6.07, 6.45) is 4.19. The summed E-state index contributed by atoms with van der Waals surface area (Å²) in [4.78, 5) is 33.7. The van der Waals surface area contributed by atoms with Gasteiger partial charge in [0.2, 0.25) is 5.91 Å². The van der Waals surface area contributed by atoms with Crippen LogP contribution in [-0.4, -0.2) is 44.1 Å². The van der Waals surface area contributed by atoms with Crippen molar-refractivity contribution in [1.82, 2.24) is 25.1 Å². The molecule has 1 aliphatic carbocycles. The SMILES string of the molecule is Cc1nc(C)c(CC(=O)N2CCc3[nH]nc(C4CC4)c3CC2)c(=O)[nH]1. The first-order valence-corrected chi connectivity index (χ1v) is 8.93. The molecule has 1 fully saturated rings. The van der Waals surface area contributed by atoms with Crippen LogP contribution < -0.4 is 5.56 Å². The zero-order chi connectivity index (χ0) is 17.6. The maximum Gasteiger partial charge on any atom is 0.254 e. The number of aromatic nitrogens is 4. The fourth-order valence-electron chi connectivity index (χ4n) is 3.67. The largest absolute Gasteiger partial charge is 0.342 e. The highest BCUT2D eigenvalue weighted by molar-refractivity contribution is 5.79. The van der Waals surface area contributed by atoms with E-state index in [0.717, 1.165) is 12.8 Å². The maximum absolute atomic E-state index is 12.7. The molecule has 1 saturated carbocycles. The number of rotatable bonds is 3. The molecule has 0 saturated heterocycles. The van der Waals surface area contributed by atoms with E-state index in [1.54, 1.807) is 13.8 Å². The van der Waals surface area contributed by atoms with E-state index >= 15 is 0 Å². The number of carbonyl (C=O) groups excluding carboxylic acids is 1. The Balaban J connectivity index is 1.48. The Labute approximate surface area is 145 Å². The molecule has 0 aromatic carbocycles. The average molecular weight is 341 g/mol. The van der Waals surface area contributed by atoms with E-state index in [-0.39, 0.29) is 17.9 Å². The van der Waals surface area contributed by atoms with Crippen molar-refractivity contribution in [2.24, 2.45) is 0 Å². The van der Waals surface area contributed by atoms with Gasteiger partial charge in [-0.15, -0.1) is 0 Å². The molecule has 4 rings (SSSR count). The van der Waals surface area contributed by atoms with E-state index in [9.17, 15) is 9.59 Å². The molecule has 0 atom stereocenters. The van der Waals surface area contributed by atoms with Crippen molar-refractivity contribution in [2.75, 3.05) is 13.1 Å². The molecule has 1 aliphatic heterocycles. The maximum atomic E-state index is 12.7. The Morgan fingerprint density at radius 1 is 1.24 bits per heavy atom. The third kappa shape index (κ3) is 3.10. The molecule has 2 aromatic heterocycles. The molecule has 0 radical (unpaired) electrons. The standard InChI is InChI=1S/C18H23N5O2/c1-10-14(18(25)20-11(2)19-10)9-16(24)23-7-5-13-15(6-8-23)21-22-17(13)12-3-4-12/h12H,3-9H2,1-2H3,(H,21,22)(H,19,20,25). The number of hydrogen-bond acceptors (Lipinski definition) is 4. The molecule has 0 unspecified atom stereocenters. The van der Waals surface area contributed by atoms with Crippen LogP contribution >= 0.6 is 0 Å². The Hall–Kier alpha value is -2.44. The topological polar surface area (TPSA) is 94.7 Å². The number of nitrogens with one attached hydrogen (secondary N) is 2. The summed E-state index contributed by atoms with van der Waals surface area (Å²) in [5, 5.41) is 7.66. The Morgan fingerprint density at radius 2 is 2.00 bits per heavy atom. The summed E-state index contributed by atoms with van der Waals surface area (Å²) in [6, 6.07) is 0. The Kier molecular flexibility index (Phi) is 3.94. The van der Waals surface area contributed by atoms with Crippen LogP contribution in [0.15, 0.2) is 4.79 Å². The minimum absolute atomic E-state index is 0.00895. The predicted molar refractivity (Wildman–Crippen MR) is 92.6 cm³/mol. The molecule has 0 spiro atoms. The summed E-state index contributed by atoms with van der Waals surface area (Å²) in [6.45, 7) is 4.87. The van der Waals surface area contributed by atoms with Crippen LogP contribution in [0.5, 0.6) is 0 Å². The van der Waals surface area contributed by atoms with Crippen LogP contribution in [0.1, 0.15) is 52.8 Å². The van der Waals surface area contributed by atoms with Crippen LogP contribution in [0.2, 0.25) is 0 Å². The van der Waals surface area contributed by atoms with Crippen LogP contribution in [0, 0.1) is 13.8 Å². The first kappa shape index (κ1) is 16.1. The summed E-state index contributed by atoms with van der Waals surface area (Å²) >= 11 is 0. The fraction of sp³-hybridized carbons (Fsp3) is 0.556. The van der Waals surface area contributed by atoms with Crippen molar-refractivity contribution in [3.05, 3.63) is 44.4 Å². The lowest BCUT2D eigenvalue weighted by atomic mass is 10.1. The van der Waals surface area contributed by atoms with Gasteiger partial charge in [0, 0.05) is 42.4 Å². The first-order valence-electron chi connectivity index (χ1n) is 8.93. The molecule has 1 amide bonds. The van der Waals surface area contributed by atoms with Crippen molar-refractivity contribution in [3.8, 4) is 0 Å². The zero-order valence-electron chi connectivity index (χ0n) is 14.7. The van der Waals surface area contributed by atoms with Gasteiger partial charge in [0.05, 0.1) is 12.1 Å². The normalized spacial score (nSPS) is 17.3. The van der Waals surface area contributed by atoms with Crippen molar-refractivity contribution in [1.29, 1.82) is 0 Å². The van der Waals surface area contributed by atoms with Gasteiger partial charge in [0.25, 0.3) is 5.56 Å². The molecular weight excluding hydrogens is 318 g/mol. The van der Waals surface area contributed by atoms with Gasteiger partial charge in [0.15, 0.2) is 0 Å². The minimum atomic E-state index is -0.210. The second-order valence-corrected chi connectivity index (χ2v) is 7.11. The average Bonchev–Trinajstić information content (AvgIpc) is 3.36. The van der Waals surface area contributed by atoms with Crippen molar-refractivity contribution >= 4 is 5.91 Å². The molecule has 2 N–H and O–H groups in total. The lowest BCUT2D eigenvalue weighted by Gasteiger charge is -2.20. The van der Waals surface area contributed by atoms with Gasteiger partial charge >= 0.3 is 0 Å². The highest BCUT2D eigenvalue weighted by Gasteiger charge is 2.31. The lowest BCUT2D eigenvalue weighted by Crippen LogP contribution is -2.36. The van der Waals surface area contributed by atoms with E-state index in [4.69, 9.17) is 0 Å². The van der Waals surface area contributed by atoms with E-state index in [1.807, 2.05) is 4.90 Å². The number of amides is 1. The van der Waals surface area contributed by atoms with Gasteiger partial charge < -0.3 is 9.88 Å². The van der Waals surface area contributed by atoms with Gasteiger partial charge in [0.1, 0.15) is 5.82 Å². The smallest absolute Gasteiger partial charge is 0.254 e. The van der Waals surface area contributed by atoms with Gasteiger partial charge in [-0.25, -0.2) is 4.98 Å². The van der Waals surface area contributed by atoms with Crippen LogP contribution in [-0.2, 0) is 24.1 Å². The molecule has 7 nitrogen and oxygen atoms in total. The molecule has 0 bridgehead atoms. The highest BCUT2D eigenvalue weighted by Crippen LogP contribution is 2.41. The summed E-state index contributed by atoms with van der Waals surface area (Å²) in [5.41, 5.74) is 4.58. The lowest BCUT2D eigenvalue weighted by molar-refractivity contribution is -0.130. The second kappa shape index (κ2) is 6.13. The van der Waals surface area contributed by atoms with Gasteiger partial charge in [-0.1, -0.05) is 0 Å². The van der Waals surface area contributed by atoms with Gasteiger partial charge in [-0.05, 0) is 38.7 Å².